The molecular formula is C39H51F3N6O3. The standard InChI is InChI=1S/3C13H17FN2O/c3*14-10-2-6-13(15-7-10)17-8-9-1-3-11-4-5-12(9)16-11/h3*2,6-7,9,11-12,16H,1,3-5,8H2/t9?,11?,12-;9?,11-,12?;9-,11+,12?/m010/s1. The van der Waals surface area contributed by atoms with Crippen LogP contribution in [0.3, 0.4) is 0 Å². The molecule has 9 rings (SSSR count). The quantitative estimate of drug-likeness (QED) is 0.234. The van der Waals surface area contributed by atoms with Gasteiger partial charge in [-0.05, 0) is 95.2 Å². The van der Waals surface area contributed by atoms with Crippen molar-refractivity contribution >= 4 is 0 Å². The maximum Gasteiger partial charge on any atom is 0.213 e. The minimum absolute atomic E-state index is 0.324. The summed E-state index contributed by atoms with van der Waals surface area (Å²) in [4.78, 5) is 11.7. The van der Waals surface area contributed by atoms with E-state index in [-0.39, 0.29) is 17.5 Å². The normalized spacial score (nSPS) is 31.5. The molecule has 3 aromatic rings. The fraction of sp³-hybridized carbons (Fsp3) is 0.615. The second kappa shape index (κ2) is 17.4. The molecule has 9 atom stereocenters. The molecule has 0 amide bonds. The molecule has 5 unspecified atom stereocenters. The largest absolute Gasteiger partial charge is 0.477 e. The van der Waals surface area contributed by atoms with Crippen LogP contribution in [0.1, 0.15) is 77.0 Å². The first-order valence-corrected chi connectivity index (χ1v) is 18.9. The molecule has 6 aliphatic heterocycles. The SMILES string of the molecule is Fc1ccc(OCC2CCC3CC[C@@H]2N3)nc1.Fc1ccc(OCC2CC[C@@H]3CCC2N3)nc1.Fc1ccc(OC[C@@H]2CC[C@@H]3CCC2N3)nc1. The van der Waals surface area contributed by atoms with Crippen molar-refractivity contribution in [2.75, 3.05) is 19.8 Å². The summed E-state index contributed by atoms with van der Waals surface area (Å²) in [6.45, 7) is 2.05. The monoisotopic (exact) mass is 708 g/mol. The highest BCUT2D eigenvalue weighted by Gasteiger charge is 2.37. The van der Waals surface area contributed by atoms with Gasteiger partial charge in [-0.15, -0.1) is 0 Å². The Labute approximate surface area is 298 Å². The summed E-state index contributed by atoms with van der Waals surface area (Å²) in [5.74, 6) is 2.30. The van der Waals surface area contributed by atoms with Crippen molar-refractivity contribution in [2.24, 2.45) is 17.8 Å². The number of ether oxygens (including phenoxy) is 3. The van der Waals surface area contributed by atoms with Crippen molar-refractivity contribution < 1.29 is 27.4 Å². The molecule has 3 N–H and O–H groups in total. The third-order valence-electron chi connectivity index (χ3n) is 11.6. The van der Waals surface area contributed by atoms with Gasteiger partial charge in [0.15, 0.2) is 0 Å². The Balaban J connectivity index is 0.000000119. The average molecular weight is 709 g/mol. The maximum absolute atomic E-state index is 12.7. The maximum atomic E-state index is 12.7. The number of fused-ring (bicyclic) bond motifs is 6. The highest BCUT2D eigenvalue weighted by molar-refractivity contribution is 5.12. The van der Waals surface area contributed by atoms with E-state index in [0.29, 0.717) is 73.3 Å². The predicted octanol–water partition coefficient (Wildman–Crippen LogP) is 6.39. The lowest BCUT2D eigenvalue weighted by molar-refractivity contribution is 0.177. The summed E-state index contributed by atoms with van der Waals surface area (Å²) < 4.78 is 54.9. The first kappa shape index (κ1) is 35.9. The van der Waals surface area contributed by atoms with Crippen LogP contribution >= 0.6 is 0 Å². The number of halogens is 3. The van der Waals surface area contributed by atoms with E-state index >= 15 is 0 Å². The number of piperidine rings is 3. The van der Waals surface area contributed by atoms with Gasteiger partial charge < -0.3 is 30.2 Å². The van der Waals surface area contributed by atoms with Crippen molar-refractivity contribution in [2.45, 2.75) is 113 Å². The van der Waals surface area contributed by atoms with Crippen molar-refractivity contribution in [3.05, 3.63) is 72.4 Å². The summed E-state index contributed by atoms with van der Waals surface area (Å²) in [5.41, 5.74) is 0. The van der Waals surface area contributed by atoms with E-state index in [2.05, 4.69) is 30.9 Å². The van der Waals surface area contributed by atoms with E-state index < -0.39 is 0 Å². The number of nitrogens with zero attached hydrogens (tertiary/aromatic N) is 3. The fourth-order valence-corrected chi connectivity index (χ4v) is 8.72. The Bertz CT molecular complexity index is 1320. The number of rotatable bonds is 9. The minimum atomic E-state index is -0.324. The second-order valence-corrected chi connectivity index (χ2v) is 15.0. The Morgan fingerprint density at radius 3 is 1.00 bits per heavy atom. The highest BCUT2D eigenvalue weighted by Crippen LogP contribution is 2.33. The van der Waals surface area contributed by atoms with Crippen LogP contribution in [0.25, 0.3) is 0 Å². The van der Waals surface area contributed by atoms with Gasteiger partial charge in [0.1, 0.15) is 17.5 Å². The number of hydrogen-bond acceptors (Lipinski definition) is 9. The number of nitrogens with one attached hydrogen (secondary N) is 3. The third-order valence-corrected chi connectivity index (χ3v) is 11.6. The van der Waals surface area contributed by atoms with Crippen LogP contribution < -0.4 is 30.2 Å². The van der Waals surface area contributed by atoms with Crippen molar-refractivity contribution in [1.82, 2.24) is 30.9 Å². The highest BCUT2D eigenvalue weighted by atomic mass is 19.1. The van der Waals surface area contributed by atoms with Crippen LogP contribution in [-0.4, -0.2) is 71.0 Å². The molecule has 6 fully saturated rings. The van der Waals surface area contributed by atoms with Crippen LogP contribution in [-0.2, 0) is 0 Å². The second-order valence-electron chi connectivity index (χ2n) is 15.0. The molecule has 12 heteroatoms. The number of pyridine rings is 3. The van der Waals surface area contributed by atoms with Gasteiger partial charge in [0, 0.05) is 72.2 Å². The van der Waals surface area contributed by atoms with Gasteiger partial charge >= 0.3 is 0 Å². The van der Waals surface area contributed by atoms with E-state index in [1.807, 2.05) is 0 Å². The van der Waals surface area contributed by atoms with Crippen molar-refractivity contribution in [1.29, 1.82) is 0 Å². The lowest BCUT2D eigenvalue weighted by atomic mass is 9.93. The Morgan fingerprint density at radius 1 is 0.431 bits per heavy atom. The van der Waals surface area contributed by atoms with E-state index in [9.17, 15) is 13.2 Å². The molecule has 0 radical (unpaired) electrons. The van der Waals surface area contributed by atoms with E-state index in [0.717, 1.165) is 18.1 Å². The van der Waals surface area contributed by atoms with E-state index in [1.165, 1.54) is 114 Å². The predicted molar refractivity (Wildman–Crippen MR) is 187 cm³/mol. The summed E-state index contributed by atoms with van der Waals surface area (Å²) >= 11 is 0. The van der Waals surface area contributed by atoms with Gasteiger partial charge in [0.05, 0.1) is 38.4 Å². The zero-order valence-electron chi connectivity index (χ0n) is 29.2. The van der Waals surface area contributed by atoms with Gasteiger partial charge in [-0.3, -0.25) is 0 Å². The van der Waals surface area contributed by atoms with Crippen LogP contribution in [0, 0.1) is 35.2 Å². The van der Waals surface area contributed by atoms with Gasteiger partial charge in [-0.25, -0.2) is 28.1 Å². The summed E-state index contributed by atoms with van der Waals surface area (Å²) in [6.07, 6.45) is 18.7. The average Bonchev–Trinajstić information content (AvgIpc) is 3.86. The molecular weight excluding hydrogens is 657 g/mol. The Morgan fingerprint density at radius 2 is 0.725 bits per heavy atom. The fourth-order valence-electron chi connectivity index (χ4n) is 8.72. The molecule has 0 aliphatic carbocycles. The summed E-state index contributed by atoms with van der Waals surface area (Å²) in [5, 5.41) is 10.9. The topological polar surface area (TPSA) is 102 Å². The lowest BCUT2D eigenvalue weighted by Crippen LogP contribution is -2.42. The Hall–Kier alpha value is -3.48. The van der Waals surface area contributed by atoms with Gasteiger partial charge in [-0.1, -0.05) is 0 Å². The van der Waals surface area contributed by atoms with Crippen molar-refractivity contribution in [3.8, 4) is 17.6 Å². The first-order valence-electron chi connectivity index (χ1n) is 18.9. The van der Waals surface area contributed by atoms with E-state index in [4.69, 9.17) is 14.2 Å². The van der Waals surface area contributed by atoms with E-state index in [1.54, 1.807) is 18.2 Å². The van der Waals surface area contributed by atoms with Gasteiger partial charge in [-0.2, -0.15) is 0 Å². The van der Waals surface area contributed by atoms with Crippen LogP contribution in [0.15, 0.2) is 55.0 Å². The zero-order chi connectivity index (χ0) is 35.0. The molecule has 6 saturated heterocycles. The zero-order valence-corrected chi connectivity index (χ0v) is 29.2. The van der Waals surface area contributed by atoms with Gasteiger partial charge in [0.25, 0.3) is 0 Å². The molecule has 0 spiro atoms. The lowest BCUT2D eigenvalue weighted by Gasteiger charge is -2.29. The smallest absolute Gasteiger partial charge is 0.213 e. The molecule has 6 bridgehead atoms. The molecule has 9 nitrogen and oxygen atoms in total. The number of aromatic nitrogens is 3. The molecule has 0 saturated carbocycles. The van der Waals surface area contributed by atoms with Crippen LogP contribution in [0.4, 0.5) is 13.2 Å². The molecule has 51 heavy (non-hydrogen) atoms. The van der Waals surface area contributed by atoms with Gasteiger partial charge in [0.2, 0.25) is 17.6 Å². The summed E-state index contributed by atoms with van der Waals surface area (Å²) in [7, 11) is 0. The third kappa shape index (κ3) is 10.1. The van der Waals surface area contributed by atoms with Crippen LogP contribution in [0.2, 0.25) is 0 Å². The molecule has 3 aromatic heterocycles. The summed E-state index contributed by atoms with van der Waals surface area (Å²) in [6, 6.07) is 12.9. The molecule has 276 valence electrons. The number of hydrogen-bond donors (Lipinski definition) is 3. The van der Waals surface area contributed by atoms with Crippen molar-refractivity contribution in [3.63, 3.8) is 0 Å². The molecule has 9 heterocycles. The molecule has 0 aromatic carbocycles. The Kier molecular flexibility index (Phi) is 12.2. The van der Waals surface area contributed by atoms with Crippen LogP contribution in [0.5, 0.6) is 17.6 Å². The first-order chi connectivity index (χ1) is 24.9. The minimum Gasteiger partial charge on any atom is -0.477 e. The molecule has 6 aliphatic rings.